The van der Waals surface area contributed by atoms with Crippen LogP contribution in [0.5, 0.6) is 0 Å². The van der Waals surface area contributed by atoms with Gasteiger partial charge < -0.3 is 10.0 Å². The third-order valence-corrected chi connectivity index (χ3v) is 3.92. The number of nitrogens with zero attached hydrogens (tertiary/aromatic N) is 4. The van der Waals surface area contributed by atoms with Crippen molar-refractivity contribution >= 4 is 11.3 Å². The number of aryl methyl sites for hydroxylation is 1. The highest BCUT2D eigenvalue weighted by Gasteiger charge is 2.32. The lowest BCUT2D eigenvalue weighted by atomic mass is 10.0. The number of anilines is 1. The Kier molecular flexibility index (Phi) is 2.93. The normalized spacial score (nSPS) is 18.1. The van der Waals surface area contributed by atoms with Crippen LogP contribution in [0.15, 0.2) is 18.5 Å². The van der Waals surface area contributed by atoms with E-state index in [1.807, 2.05) is 35.6 Å². The zero-order valence-electron chi connectivity index (χ0n) is 11.5. The Morgan fingerprint density at radius 2 is 2.16 bits per heavy atom. The molecule has 0 saturated heterocycles. The van der Waals surface area contributed by atoms with Crippen molar-refractivity contribution in [3.63, 3.8) is 0 Å². The molecule has 5 heteroatoms. The average molecular weight is 260 g/mol. The molecular formula is C14H20N4O. The van der Waals surface area contributed by atoms with E-state index in [0.717, 1.165) is 42.7 Å². The number of aliphatic hydroxyl groups is 1. The molecule has 2 aromatic rings. The Morgan fingerprint density at radius 1 is 1.42 bits per heavy atom. The zero-order valence-corrected chi connectivity index (χ0v) is 11.5. The second-order valence-corrected chi connectivity index (χ2v) is 5.65. The Balaban J connectivity index is 1.90. The first-order valence-corrected chi connectivity index (χ1v) is 6.82. The summed E-state index contributed by atoms with van der Waals surface area (Å²) < 4.78 is 1.84. The quantitative estimate of drug-likeness (QED) is 0.914. The van der Waals surface area contributed by atoms with Gasteiger partial charge in [-0.15, -0.1) is 0 Å². The van der Waals surface area contributed by atoms with E-state index in [4.69, 9.17) is 0 Å². The van der Waals surface area contributed by atoms with Crippen molar-refractivity contribution < 1.29 is 5.11 Å². The van der Waals surface area contributed by atoms with Gasteiger partial charge in [-0.2, -0.15) is 5.10 Å². The minimum atomic E-state index is -0.557. The maximum atomic E-state index is 10.5. The molecule has 1 N–H and O–H groups in total. The zero-order chi connectivity index (χ0) is 13.5. The lowest BCUT2D eigenvalue weighted by Crippen LogP contribution is -2.39. The van der Waals surface area contributed by atoms with Gasteiger partial charge in [0.1, 0.15) is 5.52 Å². The molecule has 1 aliphatic rings. The van der Waals surface area contributed by atoms with Crippen molar-refractivity contribution in [2.24, 2.45) is 0 Å². The predicted molar refractivity (Wildman–Crippen MR) is 74.4 cm³/mol. The van der Waals surface area contributed by atoms with Crippen molar-refractivity contribution in [3.05, 3.63) is 24.2 Å². The molecule has 0 radical (unpaired) electrons. The summed E-state index contributed by atoms with van der Waals surface area (Å²) in [5.74, 6) is 0.878. The fourth-order valence-electron chi connectivity index (χ4n) is 3.03. The van der Waals surface area contributed by atoms with Crippen molar-refractivity contribution in [1.82, 2.24) is 14.6 Å². The summed E-state index contributed by atoms with van der Waals surface area (Å²) in [4.78, 5) is 6.49. The monoisotopic (exact) mass is 260 g/mol. The van der Waals surface area contributed by atoms with Crippen LogP contribution in [0.25, 0.3) is 5.52 Å². The van der Waals surface area contributed by atoms with Crippen molar-refractivity contribution in [2.45, 2.75) is 38.2 Å². The maximum Gasteiger partial charge on any atom is 0.154 e. The summed E-state index contributed by atoms with van der Waals surface area (Å²) in [5, 5.41) is 14.9. The second kappa shape index (κ2) is 4.49. The van der Waals surface area contributed by atoms with Gasteiger partial charge in [-0.3, -0.25) is 0 Å². The van der Waals surface area contributed by atoms with E-state index in [-0.39, 0.29) is 0 Å². The largest absolute Gasteiger partial charge is 0.388 e. The van der Waals surface area contributed by atoms with Crippen LogP contribution in [0.4, 0.5) is 5.82 Å². The molecule has 3 rings (SSSR count). The summed E-state index contributed by atoms with van der Waals surface area (Å²) in [6.07, 6.45) is 7.62. The van der Waals surface area contributed by atoms with Crippen LogP contribution in [0.1, 0.15) is 31.4 Å². The molecule has 0 aliphatic heterocycles. The molecule has 1 saturated carbocycles. The second-order valence-electron chi connectivity index (χ2n) is 5.65. The molecule has 0 aromatic carbocycles. The highest BCUT2D eigenvalue weighted by atomic mass is 16.3. The molecule has 5 nitrogen and oxygen atoms in total. The van der Waals surface area contributed by atoms with Crippen molar-refractivity contribution in [2.75, 3.05) is 18.5 Å². The first-order valence-electron chi connectivity index (χ1n) is 6.82. The van der Waals surface area contributed by atoms with Gasteiger partial charge in [0.2, 0.25) is 0 Å². The Hall–Kier alpha value is -1.62. The summed E-state index contributed by atoms with van der Waals surface area (Å²) in [5.41, 5.74) is 1.41. The van der Waals surface area contributed by atoms with Crippen molar-refractivity contribution in [3.8, 4) is 0 Å². The Labute approximate surface area is 112 Å². The number of rotatable bonds is 3. The number of fused-ring (bicyclic) bond motifs is 1. The molecule has 19 heavy (non-hydrogen) atoms. The smallest absolute Gasteiger partial charge is 0.154 e. The van der Waals surface area contributed by atoms with E-state index >= 15 is 0 Å². The van der Waals surface area contributed by atoms with Crippen LogP contribution in [-0.2, 0) is 0 Å². The molecule has 1 aliphatic carbocycles. The van der Waals surface area contributed by atoms with E-state index in [2.05, 4.69) is 10.1 Å². The number of hydrogen-bond donors (Lipinski definition) is 1. The van der Waals surface area contributed by atoms with Crippen LogP contribution in [0.2, 0.25) is 0 Å². The molecule has 2 heterocycles. The van der Waals surface area contributed by atoms with Gasteiger partial charge in [0, 0.05) is 26.0 Å². The topological polar surface area (TPSA) is 53.7 Å². The van der Waals surface area contributed by atoms with Crippen LogP contribution in [-0.4, -0.2) is 38.9 Å². The standard InChI is InChI=1S/C14H20N4O/c1-11-9-12-13(15-7-8-18(12)16-11)17(2)10-14(19)5-3-4-6-14/h7-9,19H,3-6,10H2,1-2H3. The number of likely N-dealkylation sites (N-methyl/N-ethyl adjacent to an activating group) is 1. The summed E-state index contributed by atoms with van der Waals surface area (Å²) >= 11 is 0. The summed E-state index contributed by atoms with van der Waals surface area (Å²) in [6.45, 7) is 2.60. The first kappa shape index (κ1) is 12.4. The van der Waals surface area contributed by atoms with E-state index in [9.17, 15) is 5.11 Å². The van der Waals surface area contributed by atoms with Gasteiger partial charge >= 0.3 is 0 Å². The lowest BCUT2D eigenvalue weighted by molar-refractivity contribution is 0.0558. The Morgan fingerprint density at radius 3 is 2.89 bits per heavy atom. The minimum Gasteiger partial charge on any atom is -0.388 e. The molecule has 0 atom stereocenters. The van der Waals surface area contributed by atoms with Gasteiger partial charge in [0.15, 0.2) is 5.82 Å². The fourth-order valence-corrected chi connectivity index (χ4v) is 3.03. The molecule has 0 amide bonds. The average Bonchev–Trinajstić information content (AvgIpc) is 2.93. The SMILES string of the molecule is Cc1cc2c(N(C)CC3(O)CCCC3)nccn2n1. The maximum absolute atomic E-state index is 10.5. The van der Waals surface area contributed by atoms with Gasteiger partial charge in [-0.25, -0.2) is 9.50 Å². The van der Waals surface area contributed by atoms with Gasteiger partial charge in [0.25, 0.3) is 0 Å². The molecule has 0 bridgehead atoms. The Bertz CT molecular complexity index is 586. The number of aromatic nitrogens is 3. The minimum absolute atomic E-state index is 0.557. The van der Waals surface area contributed by atoms with E-state index in [0.29, 0.717) is 6.54 Å². The molecule has 0 unspecified atom stereocenters. The molecule has 2 aromatic heterocycles. The third kappa shape index (κ3) is 2.30. The molecule has 102 valence electrons. The molecular weight excluding hydrogens is 240 g/mol. The molecule has 0 spiro atoms. The predicted octanol–water partition coefficient (Wildman–Crippen LogP) is 1.78. The van der Waals surface area contributed by atoms with E-state index < -0.39 is 5.60 Å². The summed E-state index contributed by atoms with van der Waals surface area (Å²) in [6, 6.07) is 2.03. The van der Waals surface area contributed by atoms with E-state index in [1.54, 1.807) is 6.20 Å². The number of hydrogen-bond acceptors (Lipinski definition) is 4. The highest BCUT2D eigenvalue weighted by Crippen LogP contribution is 2.31. The van der Waals surface area contributed by atoms with E-state index in [1.165, 1.54) is 0 Å². The van der Waals surface area contributed by atoms with Gasteiger partial charge in [-0.05, 0) is 25.8 Å². The van der Waals surface area contributed by atoms with Gasteiger partial charge in [-0.1, -0.05) is 12.8 Å². The van der Waals surface area contributed by atoms with Crippen molar-refractivity contribution in [1.29, 1.82) is 0 Å². The fraction of sp³-hybridized carbons (Fsp3) is 0.571. The first-order chi connectivity index (χ1) is 9.07. The third-order valence-electron chi connectivity index (χ3n) is 3.92. The van der Waals surface area contributed by atoms with Crippen LogP contribution >= 0.6 is 0 Å². The van der Waals surface area contributed by atoms with Gasteiger partial charge in [0.05, 0.1) is 11.3 Å². The lowest BCUT2D eigenvalue weighted by Gasteiger charge is -2.29. The van der Waals surface area contributed by atoms with Crippen LogP contribution in [0, 0.1) is 6.92 Å². The molecule has 1 fully saturated rings. The highest BCUT2D eigenvalue weighted by molar-refractivity contribution is 5.68. The summed E-state index contributed by atoms with van der Waals surface area (Å²) in [7, 11) is 1.99. The van der Waals surface area contributed by atoms with Crippen LogP contribution in [0.3, 0.4) is 0 Å². The van der Waals surface area contributed by atoms with Crippen LogP contribution < -0.4 is 4.90 Å².